The third-order valence-electron chi connectivity index (χ3n) is 19.0. The van der Waals surface area contributed by atoms with Gasteiger partial charge in [0.1, 0.15) is 51.8 Å². The lowest BCUT2D eigenvalue weighted by molar-refractivity contribution is -0.121. The SMILES string of the molecule is C=CCC(=O)COP(=O)(COCCn1cnc2c(=O)[nH]c(N)nc21)OCc1ccc(OC)c(F)c1.CCC(=O)COP(=O)(COCCn1cnc2c(=O)[nH]c(N)nc21)OCc1ccc(OC)c(F)c1.COc1ccc(COP(=O)(COCCn2cnc3c(=O)[nH]c(N)nc32)OCC(C)=O)cc1F.Cc1ccc(C(=O)COP(=O)(COCCn2cnc3c(=O)[nH]c(N)nc32)OCc2cccc(Br)c2)cc1. The number of imidazole rings is 4. The van der Waals surface area contributed by atoms with Crippen molar-refractivity contribution in [1.82, 2.24) is 78.1 Å². The molecule has 0 aliphatic carbocycles. The maximum Gasteiger partial charge on any atom is 0.356 e. The molecule has 8 heterocycles. The fourth-order valence-corrected chi connectivity index (χ4v) is 17.4. The van der Waals surface area contributed by atoms with Crippen LogP contribution >= 0.6 is 46.3 Å². The first-order chi connectivity index (χ1) is 66.4. The monoisotopic (exact) mass is 2080 g/mol. The molecule has 0 radical (unpaired) electrons. The molecule has 0 saturated carbocycles. The summed E-state index contributed by atoms with van der Waals surface area (Å²) >= 11 is 3.39. The van der Waals surface area contributed by atoms with Gasteiger partial charge in [0.25, 0.3) is 22.2 Å². The number of halogens is 4. The first-order valence-electron chi connectivity index (χ1n) is 41.5. The third-order valence-corrected chi connectivity index (χ3v) is 25.6. The Morgan fingerprint density at radius 1 is 0.432 bits per heavy atom. The maximum atomic E-state index is 14.0. The number of ketones is 4. The highest BCUT2D eigenvalue weighted by Gasteiger charge is 2.32. The molecule has 55 heteroatoms. The van der Waals surface area contributed by atoms with Crippen molar-refractivity contribution < 1.29 is 120 Å². The highest BCUT2D eigenvalue weighted by Crippen LogP contribution is 2.52. The van der Waals surface area contributed by atoms with Crippen LogP contribution in [0.3, 0.4) is 0 Å². The lowest BCUT2D eigenvalue weighted by atomic mass is 10.1. The Morgan fingerprint density at radius 3 is 1.04 bits per heavy atom. The van der Waals surface area contributed by atoms with Crippen molar-refractivity contribution in [2.75, 3.05) is 123 Å². The third kappa shape index (κ3) is 32.7. The second-order valence-corrected chi connectivity index (χ2v) is 38.4. The molecule has 13 rings (SSSR count). The summed E-state index contributed by atoms with van der Waals surface area (Å²) in [6, 6.07) is 26.7. The fraction of sp³-hybridized carbons (Fsp3) is 0.333. The average molecular weight is 2080 g/mol. The molecular weight excluding hydrogens is 1980 g/mol. The highest BCUT2D eigenvalue weighted by molar-refractivity contribution is 9.10. The Balaban J connectivity index is 0.000000191. The number of aromatic nitrogens is 16. The highest BCUT2D eigenvalue weighted by atomic mass is 79.9. The summed E-state index contributed by atoms with van der Waals surface area (Å²) in [7, 11) is -11.4. The summed E-state index contributed by atoms with van der Waals surface area (Å²) in [6.45, 7) is 6.88. The zero-order valence-corrected chi connectivity index (χ0v) is 80.6. The van der Waals surface area contributed by atoms with Crippen LogP contribution in [0.5, 0.6) is 17.2 Å². The van der Waals surface area contributed by atoms with E-state index in [0.717, 1.165) is 15.6 Å². The van der Waals surface area contributed by atoms with E-state index in [0.29, 0.717) is 27.9 Å². The van der Waals surface area contributed by atoms with Crippen molar-refractivity contribution in [3.05, 3.63) is 238 Å². The lowest BCUT2D eigenvalue weighted by Gasteiger charge is -2.19. The number of nitrogens with one attached hydrogen (secondary N) is 4. The number of Topliss-reactive ketones (excluding diaryl/α,β-unsaturated/α-hetero) is 4. The number of aromatic amines is 4. The molecular formula is C84H98BrF3N20O27P4. The van der Waals surface area contributed by atoms with Crippen LogP contribution in [0.4, 0.5) is 37.0 Å². The normalized spacial score (nSPS) is 13.1. The van der Waals surface area contributed by atoms with Gasteiger partial charge in [0.05, 0.1) is 99.5 Å². The second kappa shape index (κ2) is 51.8. The van der Waals surface area contributed by atoms with Gasteiger partial charge in [0.15, 0.2) is 102 Å². The molecule has 0 spiro atoms. The molecule has 5 aromatic carbocycles. The number of rotatable bonds is 51. The molecule has 13 aromatic rings. The molecule has 744 valence electrons. The van der Waals surface area contributed by atoms with E-state index >= 15 is 0 Å². The van der Waals surface area contributed by atoms with Crippen LogP contribution in [0.2, 0.25) is 0 Å². The topological polar surface area (TPSA) is 633 Å². The van der Waals surface area contributed by atoms with Gasteiger partial charge in [-0.2, -0.15) is 19.9 Å². The number of benzene rings is 5. The van der Waals surface area contributed by atoms with Crippen molar-refractivity contribution in [3.8, 4) is 17.2 Å². The lowest BCUT2D eigenvalue weighted by Crippen LogP contribution is -2.14. The number of allylic oxidation sites excluding steroid dienone is 1. The van der Waals surface area contributed by atoms with E-state index < -0.39 is 116 Å². The predicted octanol–water partition coefficient (Wildman–Crippen LogP) is 10.5. The van der Waals surface area contributed by atoms with Gasteiger partial charge in [-0.05, 0) is 84.6 Å². The van der Waals surface area contributed by atoms with Crippen LogP contribution in [-0.2, 0) is 140 Å². The minimum absolute atomic E-state index is 0.00304. The van der Waals surface area contributed by atoms with Gasteiger partial charge < -0.3 is 92.5 Å². The van der Waals surface area contributed by atoms with Gasteiger partial charge in [-0.15, -0.1) is 6.58 Å². The summed E-state index contributed by atoms with van der Waals surface area (Å²) in [5.41, 5.74) is 25.5. The Bertz CT molecular complexity index is 6940. The molecule has 0 aliphatic rings. The molecule has 0 fully saturated rings. The van der Waals surface area contributed by atoms with Crippen LogP contribution in [-0.4, -0.2) is 201 Å². The number of nitrogen functional groups attached to an aromatic ring is 4. The maximum absolute atomic E-state index is 14.0. The van der Waals surface area contributed by atoms with E-state index in [9.17, 15) is 69.8 Å². The van der Waals surface area contributed by atoms with Crippen molar-refractivity contribution in [2.45, 2.75) is 86.2 Å². The van der Waals surface area contributed by atoms with Crippen molar-refractivity contribution in [3.63, 3.8) is 0 Å². The first kappa shape index (κ1) is 108. The molecule has 12 N–H and O–H groups in total. The van der Waals surface area contributed by atoms with Crippen LogP contribution < -0.4 is 59.4 Å². The van der Waals surface area contributed by atoms with Crippen LogP contribution in [0.15, 0.2) is 165 Å². The fourth-order valence-electron chi connectivity index (χ4n) is 11.9. The predicted molar refractivity (Wildman–Crippen MR) is 501 cm³/mol. The number of fused-ring (bicyclic) bond motifs is 4. The number of hydrogen-bond donors (Lipinski definition) is 8. The number of methoxy groups -OCH3 is 3. The Labute approximate surface area is 795 Å². The minimum Gasteiger partial charge on any atom is -0.494 e. The number of carbonyl (C=O) groups excluding carboxylic acids is 4. The molecule has 139 heavy (non-hydrogen) atoms. The zero-order chi connectivity index (χ0) is 101. The molecule has 0 amide bonds. The van der Waals surface area contributed by atoms with E-state index in [1.807, 2.05) is 43.3 Å². The summed E-state index contributed by atoms with van der Waals surface area (Å²) < 4.78 is 182. The van der Waals surface area contributed by atoms with E-state index in [2.05, 4.69) is 82.3 Å². The molecule has 8 aromatic heterocycles. The molecule has 0 saturated heterocycles. The van der Waals surface area contributed by atoms with E-state index in [1.54, 1.807) is 55.5 Å². The first-order valence-corrected chi connectivity index (χ1v) is 49.2. The van der Waals surface area contributed by atoms with Gasteiger partial charge in [-0.3, -0.25) is 94.6 Å². The number of H-pyrrole nitrogens is 4. The average Bonchev–Trinajstić information content (AvgIpc) is 1.67. The number of aryl methyl sites for hydroxylation is 1. The molecule has 0 bridgehead atoms. The summed E-state index contributed by atoms with van der Waals surface area (Å²) in [5, 5.41) is 0. The molecule has 47 nitrogen and oxygen atoms in total. The van der Waals surface area contributed by atoms with E-state index in [4.69, 9.17) is 92.3 Å². The number of ether oxygens (including phenoxy) is 7. The van der Waals surface area contributed by atoms with Crippen LogP contribution in [0.1, 0.15) is 64.9 Å². The molecule has 4 unspecified atom stereocenters. The number of hydrogen-bond acceptors (Lipinski definition) is 39. The molecule has 0 aliphatic heterocycles. The van der Waals surface area contributed by atoms with Gasteiger partial charge in [-0.25, -0.2) is 33.1 Å². The quantitative estimate of drug-likeness (QED) is 0.00760. The van der Waals surface area contributed by atoms with Gasteiger partial charge in [-0.1, -0.05) is 89.1 Å². The zero-order valence-electron chi connectivity index (χ0n) is 75.5. The minimum atomic E-state index is -3.91. The second-order valence-electron chi connectivity index (χ2n) is 29.5. The Kier molecular flexibility index (Phi) is 40.3. The number of carbonyl (C=O) groups is 4. The van der Waals surface area contributed by atoms with Gasteiger partial charge in [0.2, 0.25) is 23.8 Å². The van der Waals surface area contributed by atoms with E-state index in [1.165, 1.54) is 96.0 Å². The number of anilines is 4. The summed E-state index contributed by atoms with van der Waals surface area (Å²) in [5.74, 6) is -3.13. The van der Waals surface area contributed by atoms with Crippen molar-refractivity contribution >= 4 is 138 Å². The summed E-state index contributed by atoms with van der Waals surface area (Å²) in [6.07, 6.45) is 5.51. The Hall–Kier alpha value is -12.8. The van der Waals surface area contributed by atoms with Gasteiger partial charge in [0, 0.05) is 49.1 Å². The van der Waals surface area contributed by atoms with E-state index in [-0.39, 0.29) is 201 Å². The van der Waals surface area contributed by atoms with Crippen molar-refractivity contribution in [1.29, 1.82) is 0 Å². The van der Waals surface area contributed by atoms with Gasteiger partial charge >= 0.3 is 30.4 Å². The standard InChI is InChI=1S/C24H25BrN5O6P.C21H25FN5O7P.C20H25FN5O7P.C19H23FN5O7P/c1-16-5-7-18(8-6-16)20(31)13-36-37(33,35-12-17-3-2-4-19(25)11-17)15-34-10-9-30-14-27-21-22(30)28-24(26)29-23(21)32;1-3-4-15(28)11-34-35(30,33-10-14-5-6-17(31-2)16(22)9-14)13-32-8-7-27-12-24-18-19(27)25-21(23)26-20(18)29;1-3-14(27)10-33-34(29,32-9-13-4-5-16(30-2)15(21)8-13)12-31-7-6-26-11-23-17-18(26)24-20(22)25-19(17)28;1-12(26)8-31-33(28,32-9-13-3-4-15(29-2)14(20)7-13)11-30-6-5-25-10-22-16-17(25)23-19(21)24-18(16)27/h2-8,11,14H,9-10,12-13,15H2,1H3,(H3,26,28,29,32);3,5-6,9,12H,1,4,7-8,10-11,13H2,2H3,(H3,23,25,26,29);4-5,8,11H,3,6-7,9-10,12H2,1-2H3,(H3,22,24,25,28);3-4,7,10H,5-6,8-9,11H2,1-2H3,(H3,21,23,24,27). The molecule has 4 atom stereocenters. The smallest absolute Gasteiger partial charge is 0.356 e. The van der Waals surface area contributed by atoms with Crippen LogP contribution in [0, 0.1) is 24.4 Å². The number of nitrogens with two attached hydrogens (primary N) is 4. The van der Waals surface area contributed by atoms with Crippen LogP contribution in [0.25, 0.3) is 44.7 Å². The largest absolute Gasteiger partial charge is 0.494 e. The summed E-state index contributed by atoms with van der Waals surface area (Å²) in [4.78, 5) is 137. The van der Waals surface area contributed by atoms with Crippen molar-refractivity contribution in [2.24, 2.45) is 0 Å². The number of nitrogens with zero attached hydrogens (tertiary/aromatic N) is 12. The Morgan fingerprint density at radius 2 is 0.741 bits per heavy atom.